The SMILES string of the molecule is CC1=CC=C2N=C(C)C(C)=C12.CC1=Cc2c(-c3ccc(C(C)(C)C)cc3)cccc2C1[SiH3]. The monoisotopic (exact) mass is 437 g/mol. The second kappa shape index (κ2) is 8.33. The third-order valence-corrected chi connectivity index (χ3v) is 8.60. The molecule has 32 heavy (non-hydrogen) atoms. The van der Waals surface area contributed by atoms with E-state index in [4.69, 9.17) is 0 Å². The standard InChI is InChI=1S/C20H24Si.C10H11N/c1-13-12-18-16(6-5-7-17(18)19(13)21)14-8-10-15(11-9-14)20(2,3)4;1-6-4-5-9-10(6)7(2)8(3)11-9/h5-12,19H,1-4,21H3;4-5H,1-3H3. The highest BCUT2D eigenvalue weighted by Crippen LogP contribution is 2.39. The van der Waals surface area contributed by atoms with Crippen molar-refractivity contribution in [1.29, 1.82) is 0 Å². The van der Waals surface area contributed by atoms with Crippen LogP contribution in [0, 0.1) is 0 Å². The van der Waals surface area contributed by atoms with Crippen molar-refractivity contribution in [2.75, 3.05) is 0 Å². The molecular weight excluding hydrogens is 402 g/mol. The van der Waals surface area contributed by atoms with Crippen LogP contribution >= 0.6 is 0 Å². The average molecular weight is 438 g/mol. The number of aliphatic imine (C=N–C) groups is 1. The summed E-state index contributed by atoms with van der Waals surface area (Å²) in [5, 5.41) is 0. The predicted molar refractivity (Wildman–Crippen MR) is 145 cm³/mol. The molecule has 164 valence electrons. The highest BCUT2D eigenvalue weighted by atomic mass is 28.1. The first-order valence-electron chi connectivity index (χ1n) is 11.7. The molecule has 0 radical (unpaired) electrons. The molecule has 0 spiro atoms. The Labute approximate surface area is 196 Å². The van der Waals surface area contributed by atoms with Crippen molar-refractivity contribution in [1.82, 2.24) is 0 Å². The molecule has 0 fully saturated rings. The lowest BCUT2D eigenvalue weighted by atomic mass is 9.86. The lowest BCUT2D eigenvalue weighted by Gasteiger charge is -2.19. The maximum atomic E-state index is 4.43. The largest absolute Gasteiger partial charge is 0.253 e. The van der Waals surface area contributed by atoms with Gasteiger partial charge in [-0.3, -0.25) is 4.99 Å². The van der Waals surface area contributed by atoms with Gasteiger partial charge in [-0.2, -0.15) is 0 Å². The highest BCUT2D eigenvalue weighted by Gasteiger charge is 2.22. The summed E-state index contributed by atoms with van der Waals surface area (Å²) in [6.45, 7) is 15.4. The van der Waals surface area contributed by atoms with Gasteiger partial charge in [0.2, 0.25) is 0 Å². The number of hydrogen-bond donors (Lipinski definition) is 0. The second-order valence-electron chi connectivity index (χ2n) is 10.3. The average Bonchev–Trinajstić information content (AvgIpc) is 3.36. The van der Waals surface area contributed by atoms with Crippen molar-refractivity contribution < 1.29 is 0 Å². The van der Waals surface area contributed by atoms with Crippen LogP contribution in [0.15, 0.2) is 87.6 Å². The minimum Gasteiger partial charge on any atom is -0.253 e. The summed E-state index contributed by atoms with van der Waals surface area (Å²) in [6, 6.07) is 15.9. The van der Waals surface area contributed by atoms with Crippen LogP contribution < -0.4 is 0 Å². The zero-order chi connectivity index (χ0) is 23.2. The molecule has 1 unspecified atom stereocenters. The van der Waals surface area contributed by atoms with E-state index in [1.54, 1.807) is 0 Å². The van der Waals surface area contributed by atoms with Gasteiger partial charge in [0, 0.05) is 21.5 Å². The first-order chi connectivity index (χ1) is 15.1. The fraction of sp³-hybridized carbons (Fsp3) is 0.300. The molecule has 2 aromatic carbocycles. The summed E-state index contributed by atoms with van der Waals surface area (Å²) in [5.41, 5.74) is 15.9. The molecule has 0 bridgehead atoms. The summed E-state index contributed by atoms with van der Waals surface area (Å²) in [6.07, 6.45) is 6.61. The Kier molecular flexibility index (Phi) is 5.85. The number of benzene rings is 2. The maximum absolute atomic E-state index is 4.43. The summed E-state index contributed by atoms with van der Waals surface area (Å²) in [7, 11) is 1.20. The lowest BCUT2D eigenvalue weighted by molar-refractivity contribution is 0.590. The Morgan fingerprint density at radius 2 is 1.56 bits per heavy atom. The third kappa shape index (κ3) is 4.04. The molecule has 0 N–H and O–H groups in total. The van der Waals surface area contributed by atoms with Crippen molar-refractivity contribution in [2.45, 2.75) is 59.4 Å². The van der Waals surface area contributed by atoms with E-state index in [-0.39, 0.29) is 5.41 Å². The van der Waals surface area contributed by atoms with Crippen LogP contribution in [0.5, 0.6) is 0 Å². The quantitative estimate of drug-likeness (QED) is 0.422. The molecule has 1 aliphatic heterocycles. The van der Waals surface area contributed by atoms with E-state index in [0.29, 0.717) is 5.54 Å². The van der Waals surface area contributed by atoms with Crippen LogP contribution in [-0.4, -0.2) is 16.0 Å². The van der Waals surface area contributed by atoms with Gasteiger partial charge in [-0.25, -0.2) is 0 Å². The molecule has 1 heterocycles. The minimum absolute atomic E-state index is 0.216. The minimum atomic E-state index is 0.216. The van der Waals surface area contributed by atoms with Gasteiger partial charge in [-0.15, -0.1) is 0 Å². The van der Waals surface area contributed by atoms with E-state index < -0.39 is 0 Å². The molecule has 2 aromatic rings. The summed E-state index contributed by atoms with van der Waals surface area (Å²) in [5.74, 6) is 0. The van der Waals surface area contributed by atoms with Crippen molar-refractivity contribution in [3.05, 3.63) is 99.3 Å². The van der Waals surface area contributed by atoms with Crippen molar-refractivity contribution in [2.24, 2.45) is 4.99 Å². The predicted octanol–water partition coefficient (Wildman–Crippen LogP) is 7.10. The number of fused-ring (bicyclic) bond motifs is 2. The lowest BCUT2D eigenvalue weighted by Crippen LogP contribution is -2.10. The Morgan fingerprint density at radius 3 is 2.19 bits per heavy atom. The summed E-state index contributed by atoms with van der Waals surface area (Å²) >= 11 is 0. The van der Waals surface area contributed by atoms with Crippen LogP contribution in [0.3, 0.4) is 0 Å². The van der Waals surface area contributed by atoms with Crippen molar-refractivity contribution in [3.8, 4) is 11.1 Å². The topological polar surface area (TPSA) is 12.4 Å². The number of nitrogens with zero attached hydrogens (tertiary/aromatic N) is 1. The van der Waals surface area contributed by atoms with E-state index >= 15 is 0 Å². The molecule has 0 saturated heterocycles. The molecule has 3 aliphatic rings. The summed E-state index contributed by atoms with van der Waals surface area (Å²) in [4.78, 5) is 4.43. The Balaban J connectivity index is 0.000000186. The van der Waals surface area contributed by atoms with Crippen molar-refractivity contribution in [3.63, 3.8) is 0 Å². The first-order valence-corrected chi connectivity index (χ1v) is 12.8. The van der Waals surface area contributed by atoms with Gasteiger partial charge < -0.3 is 0 Å². The molecule has 0 aromatic heterocycles. The molecule has 2 aliphatic carbocycles. The van der Waals surface area contributed by atoms with Gasteiger partial charge >= 0.3 is 0 Å². The van der Waals surface area contributed by atoms with Gasteiger partial charge in [-0.1, -0.05) is 81.0 Å². The highest BCUT2D eigenvalue weighted by molar-refractivity contribution is 6.16. The van der Waals surface area contributed by atoms with Gasteiger partial charge in [0.05, 0.1) is 5.70 Å². The van der Waals surface area contributed by atoms with Crippen LogP contribution in [0.25, 0.3) is 17.2 Å². The molecule has 2 heteroatoms. The fourth-order valence-electron chi connectivity index (χ4n) is 4.72. The second-order valence-corrected chi connectivity index (χ2v) is 11.5. The normalized spacial score (nSPS) is 19.0. The van der Waals surface area contributed by atoms with Crippen LogP contribution in [-0.2, 0) is 5.41 Å². The van der Waals surface area contributed by atoms with E-state index in [1.165, 1.54) is 66.1 Å². The maximum Gasteiger partial charge on any atom is 0.0711 e. The number of allylic oxidation sites excluding steroid dienone is 5. The van der Waals surface area contributed by atoms with Crippen molar-refractivity contribution >= 4 is 22.0 Å². The smallest absolute Gasteiger partial charge is 0.0711 e. The van der Waals surface area contributed by atoms with Gasteiger partial charge in [-0.05, 0) is 83.7 Å². The van der Waals surface area contributed by atoms with Gasteiger partial charge in [0.1, 0.15) is 0 Å². The van der Waals surface area contributed by atoms with E-state index in [2.05, 4.69) is 114 Å². The van der Waals surface area contributed by atoms with E-state index in [0.717, 1.165) is 5.70 Å². The molecule has 0 saturated carbocycles. The van der Waals surface area contributed by atoms with Crippen LogP contribution in [0.1, 0.15) is 70.7 Å². The Bertz CT molecular complexity index is 1220. The molecule has 1 atom stereocenters. The summed E-state index contributed by atoms with van der Waals surface area (Å²) < 4.78 is 0. The molecule has 0 amide bonds. The zero-order valence-corrected chi connectivity index (χ0v) is 22.8. The van der Waals surface area contributed by atoms with Crippen LogP contribution in [0.2, 0.25) is 0 Å². The van der Waals surface area contributed by atoms with Crippen LogP contribution in [0.4, 0.5) is 0 Å². The first kappa shape index (κ1) is 22.5. The zero-order valence-electron chi connectivity index (χ0n) is 20.8. The third-order valence-electron chi connectivity index (χ3n) is 7.07. The van der Waals surface area contributed by atoms with Gasteiger partial charge in [0.15, 0.2) is 0 Å². The van der Waals surface area contributed by atoms with E-state index in [9.17, 15) is 0 Å². The Hall–Kier alpha value is -2.71. The Morgan fingerprint density at radius 1 is 0.875 bits per heavy atom. The number of rotatable bonds is 1. The number of hydrogen-bond acceptors (Lipinski definition) is 1. The van der Waals surface area contributed by atoms with Gasteiger partial charge in [0.25, 0.3) is 0 Å². The van der Waals surface area contributed by atoms with E-state index in [1.807, 2.05) is 0 Å². The fourth-order valence-corrected chi connectivity index (χ4v) is 5.39. The molecule has 5 rings (SSSR count). The molecule has 1 nitrogen and oxygen atoms in total. The molecular formula is C30H35NSi.